The highest BCUT2D eigenvalue weighted by atomic mass is 35.5. The average Bonchev–Trinajstić information content (AvgIpc) is 1.96. The summed E-state index contributed by atoms with van der Waals surface area (Å²) >= 11 is 5.21. The molecule has 7 heteroatoms. The van der Waals surface area contributed by atoms with Crippen molar-refractivity contribution < 1.29 is 22.3 Å². The average molecular weight is 230 g/mol. The summed E-state index contributed by atoms with van der Waals surface area (Å²) in [6.07, 6.45) is -4.93. The number of pyridine rings is 1. The number of aromatic nitrogens is 1. The molecule has 0 aliphatic heterocycles. The highest BCUT2D eigenvalue weighted by molar-refractivity contribution is 6.31. The van der Waals surface area contributed by atoms with Crippen LogP contribution in [0.15, 0.2) is 6.07 Å². The van der Waals surface area contributed by atoms with Crippen molar-refractivity contribution in [2.45, 2.75) is 13.3 Å². The van der Waals surface area contributed by atoms with Crippen LogP contribution >= 0.6 is 11.6 Å². The van der Waals surface area contributed by atoms with Gasteiger partial charge in [0, 0.05) is 5.69 Å². The van der Waals surface area contributed by atoms with Crippen LogP contribution in [0.25, 0.3) is 0 Å². The molecule has 0 aliphatic rings. The highest BCUT2D eigenvalue weighted by Gasteiger charge is 2.33. The van der Waals surface area contributed by atoms with Gasteiger partial charge in [0.15, 0.2) is 0 Å². The third kappa shape index (κ3) is 2.73. The van der Waals surface area contributed by atoms with Gasteiger partial charge >= 0.3 is 6.36 Å². The summed E-state index contributed by atoms with van der Waals surface area (Å²) in [6, 6.07) is 0.908. The Kier molecular flexibility index (Phi) is 2.84. The van der Waals surface area contributed by atoms with Gasteiger partial charge in [-0.1, -0.05) is 11.6 Å². The van der Waals surface area contributed by atoms with Crippen molar-refractivity contribution in [2.24, 2.45) is 0 Å². The van der Waals surface area contributed by atoms with Crippen LogP contribution in [0.3, 0.4) is 0 Å². The maximum Gasteiger partial charge on any atom is 0.574 e. The van der Waals surface area contributed by atoms with E-state index in [1.54, 1.807) is 0 Å². The van der Waals surface area contributed by atoms with Gasteiger partial charge in [-0.3, -0.25) is 0 Å². The van der Waals surface area contributed by atoms with E-state index in [4.69, 9.17) is 11.6 Å². The van der Waals surface area contributed by atoms with E-state index in [9.17, 15) is 17.6 Å². The fourth-order valence-corrected chi connectivity index (χ4v) is 0.903. The standard InChI is InChI=1S/C7H4ClF4NO/c1-3-2-4(9)5(8)6(13-3)14-7(10,11)12/h2H,1H3. The largest absolute Gasteiger partial charge is 0.574 e. The van der Waals surface area contributed by atoms with Gasteiger partial charge in [0.1, 0.15) is 10.8 Å². The molecule has 0 atom stereocenters. The fraction of sp³-hybridized carbons (Fsp3) is 0.286. The molecule has 0 aliphatic carbocycles. The highest BCUT2D eigenvalue weighted by Crippen LogP contribution is 2.30. The molecule has 0 bridgehead atoms. The number of aryl methyl sites for hydroxylation is 1. The lowest BCUT2D eigenvalue weighted by molar-refractivity contribution is -0.276. The summed E-state index contributed by atoms with van der Waals surface area (Å²) in [5.74, 6) is -1.98. The summed E-state index contributed by atoms with van der Waals surface area (Å²) < 4.78 is 51.4. The maximum atomic E-state index is 12.8. The third-order valence-electron chi connectivity index (χ3n) is 1.22. The molecule has 0 radical (unpaired) electrons. The van der Waals surface area contributed by atoms with Gasteiger partial charge in [0.25, 0.3) is 0 Å². The first-order valence-corrected chi connectivity index (χ1v) is 3.76. The van der Waals surface area contributed by atoms with Gasteiger partial charge in [-0.05, 0) is 13.0 Å². The summed E-state index contributed by atoms with van der Waals surface area (Å²) in [4.78, 5) is 3.30. The molecule has 1 heterocycles. The molecule has 0 aromatic carbocycles. The van der Waals surface area contributed by atoms with Gasteiger partial charge in [-0.2, -0.15) is 0 Å². The maximum absolute atomic E-state index is 12.8. The van der Waals surface area contributed by atoms with E-state index in [0.717, 1.165) is 6.07 Å². The molecule has 78 valence electrons. The molecule has 14 heavy (non-hydrogen) atoms. The Morgan fingerprint density at radius 3 is 2.50 bits per heavy atom. The van der Waals surface area contributed by atoms with Crippen LogP contribution in [0.5, 0.6) is 5.88 Å². The van der Waals surface area contributed by atoms with Crippen molar-refractivity contribution >= 4 is 11.6 Å². The van der Waals surface area contributed by atoms with Crippen molar-refractivity contribution in [2.75, 3.05) is 0 Å². The first-order chi connectivity index (χ1) is 6.29. The van der Waals surface area contributed by atoms with Crippen molar-refractivity contribution in [1.29, 1.82) is 0 Å². The van der Waals surface area contributed by atoms with E-state index in [1.165, 1.54) is 6.92 Å². The minimum absolute atomic E-state index is 0.0474. The van der Waals surface area contributed by atoms with Crippen molar-refractivity contribution in [3.05, 3.63) is 22.6 Å². The molecule has 0 saturated carbocycles. The van der Waals surface area contributed by atoms with Gasteiger partial charge in [-0.25, -0.2) is 9.37 Å². The molecule has 0 unspecified atom stereocenters. The molecule has 0 amide bonds. The second-order valence-electron chi connectivity index (χ2n) is 2.41. The fourth-order valence-electron chi connectivity index (χ4n) is 0.768. The van der Waals surface area contributed by atoms with E-state index in [-0.39, 0.29) is 5.69 Å². The number of hydrogen-bond acceptors (Lipinski definition) is 2. The zero-order valence-corrected chi connectivity index (χ0v) is 7.58. The normalized spacial score (nSPS) is 11.6. The molecule has 1 aromatic rings. The molecular formula is C7H4ClF4NO. The number of ether oxygens (including phenoxy) is 1. The molecule has 0 N–H and O–H groups in total. The number of alkyl halides is 3. The van der Waals surface area contributed by atoms with Crippen LogP contribution in [0, 0.1) is 12.7 Å². The molecule has 0 fully saturated rings. The first kappa shape index (κ1) is 11.0. The summed E-state index contributed by atoms with van der Waals surface area (Å²) in [5, 5.41) is -0.784. The lowest BCUT2D eigenvalue weighted by Gasteiger charge is -2.09. The van der Waals surface area contributed by atoms with Crippen LogP contribution in [0.2, 0.25) is 5.02 Å². The molecular weight excluding hydrogens is 226 g/mol. The van der Waals surface area contributed by atoms with Crippen molar-refractivity contribution in [1.82, 2.24) is 4.98 Å². The van der Waals surface area contributed by atoms with E-state index < -0.39 is 23.1 Å². The Balaban J connectivity index is 3.09. The zero-order valence-electron chi connectivity index (χ0n) is 6.82. The predicted octanol–water partition coefficient (Wildman–Crippen LogP) is 3.08. The van der Waals surface area contributed by atoms with E-state index in [2.05, 4.69) is 9.72 Å². The molecule has 0 spiro atoms. The Morgan fingerprint density at radius 1 is 1.43 bits per heavy atom. The third-order valence-corrected chi connectivity index (χ3v) is 1.57. The Morgan fingerprint density at radius 2 is 2.00 bits per heavy atom. The number of halogens is 5. The molecule has 2 nitrogen and oxygen atoms in total. The van der Waals surface area contributed by atoms with Crippen LogP contribution < -0.4 is 4.74 Å². The smallest absolute Gasteiger partial charge is 0.386 e. The second-order valence-corrected chi connectivity index (χ2v) is 2.79. The van der Waals surface area contributed by atoms with Crippen LogP contribution in [-0.4, -0.2) is 11.3 Å². The Labute approximate surface area is 81.5 Å². The first-order valence-electron chi connectivity index (χ1n) is 3.38. The van der Waals surface area contributed by atoms with Crippen LogP contribution in [0.1, 0.15) is 5.69 Å². The van der Waals surface area contributed by atoms with Crippen LogP contribution in [-0.2, 0) is 0 Å². The number of hydrogen-bond donors (Lipinski definition) is 0. The lowest BCUT2D eigenvalue weighted by atomic mass is 10.3. The van der Waals surface area contributed by atoms with Gasteiger partial charge in [0.2, 0.25) is 5.88 Å². The quantitative estimate of drug-likeness (QED) is 0.691. The topological polar surface area (TPSA) is 22.1 Å². The zero-order chi connectivity index (χ0) is 10.9. The SMILES string of the molecule is Cc1cc(F)c(Cl)c(OC(F)(F)F)n1. The van der Waals surface area contributed by atoms with E-state index in [1.807, 2.05) is 0 Å². The lowest BCUT2D eigenvalue weighted by Crippen LogP contribution is -2.18. The van der Waals surface area contributed by atoms with Crippen LogP contribution in [0.4, 0.5) is 17.6 Å². The predicted molar refractivity (Wildman–Crippen MR) is 40.6 cm³/mol. The monoisotopic (exact) mass is 229 g/mol. The minimum Gasteiger partial charge on any atom is -0.386 e. The molecule has 1 rings (SSSR count). The summed E-state index contributed by atoms with van der Waals surface area (Å²) in [6.45, 7) is 1.32. The summed E-state index contributed by atoms with van der Waals surface area (Å²) in [5.41, 5.74) is 0.0474. The second kappa shape index (κ2) is 3.61. The Bertz CT molecular complexity index is 352. The van der Waals surface area contributed by atoms with Crippen molar-refractivity contribution in [3.63, 3.8) is 0 Å². The number of rotatable bonds is 1. The molecule has 0 saturated heterocycles. The van der Waals surface area contributed by atoms with E-state index in [0.29, 0.717) is 0 Å². The minimum atomic E-state index is -4.93. The number of nitrogens with zero attached hydrogens (tertiary/aromatic N) is 1. The van der Waals surface area contributed by atoms with Gasteiger partial charge in [0.05, 0.1) is 0 Å². The van der Waals surface area contributed by atoms with E-state index >= 15 is 0 Å². The molecule has 1 aromatic heterocycles. The Hall–Kier alpha value is -1.04. The summed E-state index contributed by atoms with van der Waals surface area (Å²) in [7, 11) is 0. The van der Waals surface area contributed by atoms with Crippen molar-refractivity contribution in [3.8, 4) is 5.88 Å². The van der Waals surface area contributed by atoms with Gasteiger partial charge < -0.3 is 4.74 Å². The van der Waals surface area contributed by atoms with Gasteiger partial charge in [-0.15, -0.1) is 13.2 Å².